The molecule has 0 unspecified atom stereocenters. The Morgan fingerprint density at radius 1 is 1.33 bits per heavy atom. The molecule has 0 aromatic heterocycles. The molecule has 134 valence electrons. The van der Waals surface area contributed by atoms with Crippen molar-refractivity contribution >= 4 is 5.96 Å². The Labute approximate surface area is 141 Å². The monoisotopic (exact) mass is 341 g/mol. The van der Waals surface area contributed by atoms with Gasteiger partial charge in [-0.15, -0.1) is 0 Å². The van der Waals surface area contributed by atoms with Crippen molar-refractivity contribution < 1.29 is 18.3 Å². The van der Waals surface area contributed by atoms with Crippen LogP contribution in [-0.2, 0) is 6.54 Å². The lowest BCUT2D eigenvalue weighted by molar-refractivity contribution is -0.0512. The van der Waals surface area contributed by atoms with Crippen LogP contribution in [0.5, 0.6) is 11.5 Å². The van der Waals surface area contributed by atoms with Crippen molar-refractivity contribution in [2.75, 3.05) is 27.2 Å². The van der Waals surface area contributed by atoms with Crippen LogP contribution in [0.25, 0.3) is 0 Å². The van der Waals surface area contributed by atoms with Gasteiger partial charge in [-0.3, -0.25) is 4.99 Å². The zero-order valence-corrected chi connectivity index (χ0v) is 14.4. The van der Waals surface area contributed by atoms with Gasteiger partial charge in [0.05, 0.1) is 7.11 Å². The van der Waals surface area contributed by atoms with E-state index in [1.807, 2.05) is 6.07 Å². The zero-order valence-electron chi connectivity index (χ0n) is 14.4. The standard InChI is InChI=1S/C17H25F2N3O2/c1-12-6-8-22(9-7-12)17(20-2)21-11-13-4-5-14(23-3)15(10-13)24-16(18)19/h4-5,10,12,16H,6-9,11H2,1-3H3,(H,20,21). The molecule has 1 saturated heterocycles. The number of halogens is 2. The summed E-state index contributed by atoms with van der Waals surface area (Å²) >= 11 is 0. The summed E-state index contributed by atoms with van der Waals surface area (Å²) in [6.07, 6.45) is 2.30. The van der Waals surface area contributed by atoms with Crippen LogP contribution < -0.4 is 14.8 Å². The van der Waals surface area contributed by atoms with Crippen LogP contribution in [0.3, 0.4) is 0 Å². The smallest absolute Gasteiger partial charge is 0.387 e. The fourth-order valence-corrected chi connectivity index (χ4v) is 2.75. The Morgan fingerprint density at radius 3 is 2.62 bits per heavy atom. The third kappa shape index (κ3) is 4.97. The highest BCUT2D eigenvalue weighted by molar-refractivity contribution is 5.80. The maximum absolute atomic E-state index is 12.5. The van der Waals surface area contributed by atoms with E-state index in [2.05, 4.69) is 26.9 Å². The van der Waals surface area contributed by atoms with Crippen LogP contribution in [0.1, 0.15) is 25.3 Å². The van der Waals surface area contributed by atoms with Crippen molar-refractivity contribution in [2.45, 2.75) is 32.9 Å². The lowest BCUT2D eigenvalue weighted by Crippen LogP contribution is -2.45. The van der Waals surface area contributed by atoms with Gasteiger partial charge in [-0.05, 0) is 36.5 Å². The maximum Gasteiger partial charge on any atom is 0.387 e. The fraction of sp³-hybridized carbons (Fsp3) is 0.588. The number of benzene rings is 1. The topological polar surface area (TPSA) is 46.1 Å². The molecule has 0 amide bonds. The van der Waals surface area contributed by atoms with E-state index in [-0.39, 0.29) is 11.5 Å². The number of alkyl halides is 2. The van der Waals surface area contributed by atoms with Crippen LogP contribution in [-0.4, -0.2) is 44.7 Å². The second-order valence-corrected chi connectivity index (χ2v) is 5.93. The molecule has 1 N–H and O–H groups in total. The molecule has 0 bridgehead atoms. The van der Waals surface area contributed by atoms with Crippen molar-refractivity contribution in [3.63, 3.8) is 0 Å². The quantitative estimate of drug-likeness (QED) is 0.660. The third-order valence-corrected chi connectivity index (χ3v) is 4.19. The number of ether oxygens (including phenoxy) is 2. The highest BCUT2D eigenvalue weighted by atomic mass is 19.3. The fourth-order valence-electron chi connectivity index (χ4n) is 2.75. The van der Waals surface area contributed by atoms with Gasteiger partial charge in [0.25, 0.3) is 0 Å². The van der Waals surface area contributed by atoms with E-state index in [1.54, 1.807) is 19.2 Å². The van der Waals surface area contributed by atoms with E-state index in [0.717, 1.165) is 43.4 Å². The molecule has 0 atom stereocenters. The Morgan fingerprint density at radius 2 is 2.04 bits per heavy atom. The molecular formula is C17H25F2N3O2. The number of nitrogens with zero attached hydrogens (tertiary/aromatic N) is 2. The number of aliphatic imine (C=N–C) groups is 1. The summed E-state index contributed by atoms with van der Waals surface area (Å²) in [5.41, 5.74) is 0.818. The average Bonchev–Trinajstić information content (AvgIpc) is 2.56. The third-order valence-electron chi connectivity index (χ3n) is 4.19. The molecule has 1 heterocycles. The van der Waals surface area contributed by atoms with Gasteiger partial charge in [0.1, 0.15) is 0 Å². The number of nitrogens with one attached hydrogen (secondary N) is 1. The highest BCUT2D eigenvalue weighted by Crippen LogP contribution is 2.29. The van der Waals surface area contributed by atoms with Gasteiger partial charge in [0, 0.05) is 26.7 Å². The van der Waals surface area contributed by atoms with Crippen LogP contribution in [0.15, 0.2) is 23.2 Å². The summed E-state index contributed by atoms with van der Waals surface area (Å²) in [5, 5.41) is 3.28. The number of likely N-dealkylation sites (tertiary alicyclic amines) is 1. The minimum absolute atomic E-state index is 0.0357. The molecule has 24 heavy (non-hydrogen) atoms. The summed E-state index contributed by atoms with van der Waals surface area (Å²) in [6.45, 7) is 1.80. The lowest BCUT2D eigenvalue weighted by atomic mass is 9.99. The molecule has 1 fully saturated rings. The SMILES string of the molecule is CN=C(NCc1ccc(OC)c(OC(F)F)c1)N1CCC(C)CC1. The van der Waals surface area contributed by atoms with Crippen molar-refractivity contribution in [3.05, 3.63) is 23.8 Å². The normalized spacial score (nSPS) is 16.4. The molecule has 5 nitrogen and oxygen atoms in total. The van der Waals surface area contributed by atoms with Gasteiger partial charge in [0.15, 0.2) is 17.5 Å². The molecule has 1 aromatic carbocycles. The first-order chi connectivity index (χ1) is 11.5. The van der Waals surface area contributed by atoms with Crippen molar-refractivity contribution in [1.82, 2.24) is 10.2 Å². The molecule has 7 heteroatoms. The van der Waals surface area contributed by atoms with E-state index >= 15 is 0 Å². The van der Waals surface area contributed by atoms with Gasteiger partial charge in [0.2, 0.25) is 0 Å². The van der Waals surface area contributed by atoms with E-state index in [4.69, 9.17) is 4.74 Å². The maximum atomic E-state index is 12.5. The zero-order chi connectivity index (χ0) is 17.5. The van der Waals surface area contributed by atoms with Gasteiger partial charge in [-0.25, -0.2) is 0 Å². The van der Waals surface area contributed by atoms with Crippen LogP contribution in [0.2, 0.25) is 0 Å². The van der Waals surface area contributed by atoms with Gasteiger partial charge < -0.3 is 19.7 Å². The summed E-state index contributed by atoms with van der Waals surface area (Å²) in [6, 6.07) is 5.00. The molecular weight excluding hydrogens is 316 g/mol. The first-order valence-electron chi connectivity index (χ1n) is 8.10. The molecule has 1 aliphatic rings. The Balaban J connectivity index is 1.99. The van der Waals surface area contributed by atoms with Crippen LogP contribution in [0, 0.1) is 5.92 Å². The van der Waals surface area contributed by atoms with Gasteiger partial charge in [-0.1, -0.05) is 13.0 Å². The average molecular weight is 341 g/mol. The largest absolute Gasteiger partial charge is 0.493 e. The number of methoxy groups -OCH3 is 1. The predicted octanol–water partition coefficient (Wildman–Crippen LogP) is 3.10. The first-order valence-corrected chi connectivity index (χ1v) is 8.10. The molecule has 0 aliphatic carbocycles. The molecule has 0 radical (unpaired) electrons. The molecule has 1 aromatic rings. The van der Waals surface area contributed by atoms with Gasteiger partial charge >= 0.3 is 6.61 Å². The molecule has 0 spiro atoms. The number of hydrogen-bond donors (Lipinski definition) is 1. The number of guanidine groups is 1. The molecule has 2 rings (SSSR count). The molecule has 1 aliphatic heterocycles. The number of piperidine rings is 1. The van der Waals surface area contributed by atoms with Crippen LogP contribution >= 0.6 is 0 Å². The van der Waals surface area contributed by atoms with Gasteiger partial charge in [-0.2, -0.15) is 8.78 Å². The second-order valence-electron chi connectivity index (χ2n) is 5.93. The first kappa shape index (κ1) is 18.3. The minimum atomic E-state index is -2.88. The predicted molar refractivity (Wildman–Crippen MR) is 89.8 cm³/mol. The Kier molecular flexibility index (Phi) is 6.63. The van der Waals surface area contributed by atoms with E-state index < -0.39 is 6.61 Å². The number of rotatable bonds is 5. The second kappa shape index (κ2) is 8.70. The Hall–Kier alpha value is -2.05. The van der Waals surface area contributed by atoms with E-state index in [9.17, 15) is 8.78 Å². The summed E-state index contributed by atoms with van der Waals surface area (Å²) in [4.78, 5) is 6.53. The summed E-state index contributed by atoms with van der Waals surface area (Å²) in [5.74, 6) is 1.89. The van der Waals surface area contributed by atoms with Crippen molar-refractivity contribution in [3.8, 4) is 11.5 Å². The Bertz CT molecular complexity index is 559. The van der Waals surface area contributed by atoms with E-state index in [1.165, 1.54) is 7.11 Å². The summed E-state index contributed by atoms with van der Waals surface area (Å²) < 4.78 is 34.5. The summed E-state index contributed by atoms with van der Waals surface area (Å²) in [7, 11) is 3.17. The minimum Gasteiger partial charge on any atom is -0.493 e. The van der Waals surface area contributed by atoms with Crippen molar-refractivity contribution in [1.29, 1.82) is 0 Å². The van der Waals surface area contributed by atoms with E-state index in [0.29, 0.717) is 6.54 Å². The van der Waals surface area contributed by atoms with Crippen LogP contribution in [0.4, 0.5) is 8.78 Å². The molecule has 0 saturated carbocycles. The lowest BCUT2D eigenvalue weighted by Gasteiger charge is -2.33. The number of hydrogen-bond acceptors (Lipinski definition) is 3. The highest BCUT2D eigenvalue weighted by Gasteiger charge is 2.18. The van der Waals surface area contributed by atoms with Crippen molar-refractivity contribution in [2.24, 2.45) is 10.9 Å².